The molecular formula is C16H26N2O. The van der Waals surface area contributed by atoms with Crippen molar-refractivity contribution in [3.8, 4) is 6.07 Å². The van der Waals surface area contributed by atoms with Gasteiger partial charge in [0.05, 0.1) is 6.07 Å². The van der Waals surface area contributed by atoms with E-state index in [2.05, 4.69) is 19.9 Å². The van der Waals surface area contributed by atoms with Gasteiger partial charge in [-0.2, -0.15) is 5.26 Å². The van der Waals surface area contributed by atoms with E-state index in [0.29, 0.717) is 5.92 Å². The molecule has 0 bridgehead atoms. The zero-order valence-corrected chi connectivity index (χ0v) is 12.3. The average Bonchev–Trinajstić information content (AvgIpc) is 2.60. The third-order valence-electron chi connectivity index (χ3n) is 4.85. The van der Waals surface area contributed by atoms with E-state index in [4.69, 9.17) is 0 Å². The number of nitrogens with zero attached hydrogens (tertiary/aromatic N) is 2. The molecule has 3 nitrogen and oxygen atoms in total. The van der Waals surface area contributed by atoms with Gasteiger partial charge in [0.1, 0.15) is 5.41 Å². The number of carbonyl (C=O) groups is 1. The summed E-state index contributed by atoms with van der Waals surface area (Å²) in [6.45, 7) is 6.08. The van der Waals surface area contributed by atoms with Gasteiger partial charge >= 0.3 is 0 Å². The molecule has 1 heterocycles. The van der Waals surface area contributed by atoms with E-state index < -0.39 is 5.41 Å². The Morgan fingerprint density at radius 3 is 2.68 bits per heavy atom. The van der Waals surface area contributed by atoms with Crippen molar-refractivity contribution in [2.75, 3.05) is 13.1 Å². The summed E-state index contributed by atoms with van der Waals surface area (Å²) >= 11 is 0. The van der Waals surface area contributed by atoms with Gasteiger partial charge in [-0.1, -0.05) is 26.7 Å². The van der Waals surface area contributed by atoms with Gasteiger partial charge in [-0.15, -0.1) is 0 Å². The minimum Gasteiger partial charge on any atom is -0.341 e. The number of nitriles is 1. The highest BCUT2D eigenvalue weighted by molar-refractivity contribution is 5.86. The van der Waals surface area contributed by atoms with Crippen LogP contribution in [0.25, 0.3) is 0 Å². The van der Waals surface area contributed by atoms with Crippen LogP contribution in [0.15, 0.2) is 0 Å². The molecule has 106 valence electrons. The first-order valence-electron chi connectivity index (χ1n) is 7.82. The van der Waals surface area contributed by atoms with Gasteiger partial charge in [0, 0.05) is 13.1 Å². The topological polar surface area (TPSA) is 44.1 Å². The lowest BCUT2D eigenvalue weighted by molar-refractivity contribution is -0.145. The number of carbonyl (C=O) groups excluding carboxylic acids is 1. The van der Waals surface area contributed by atoms with E-state index in [1.807, 2.05) is 4.90 Å². The molecule has 2 rings (SSSR count). The van der Waals surface area contributed by atoms with E-state index in [0.717, 1.165) is 44.7 Å². The molecule has 2 fully saturated rings. The number of hydrogen-bond donors (Lipinski definition) is 0. The summed E-state index contributed by atoms with van der Waals surface area (Å²) in [7, 11) is 0. The zero-order chi connectivity index (χ0) is 13.9. The molecule has 1 amide bonds. The predicted octanol–water partition coefficient (Wildman–Crippen LogP) is 3.36. The fraction of sp³-hybridized carbons (Fsp3) is 0.875. The van der Waals surface area contributed by atoms with E-state index in [-0.39, 0.29) is 5.91 Å². The van der Waals surface area contributed by atoms with E-state index >= 15 is 0 Å². The summed E-state index contributed by atoms with van der Waals surface area (Å²) in [6, 6.07) is 2.31. The van der Waals surface area contributed by atoms with Crippen LogP contribution in [-0.2, 0) is 4.79 Å². The Labute approximate surface area is 117 Å². The van der Waals surface area contributed by atoms with Gasteiger partial charge in [-0.05, 0) is 43.9 Å². The minimum absolute atomic E-state index is 0.116. The molecule has 1 saturated heterocycles. The van der Waals surface area contributed by atoms with Crippen molar-refractivity contribution in [1.82, 2.24) is 4.90 Å². The Hall–Kier alpha value is -1.04. The lowest BCUT2D eigenvalue weighted by atomic mass is 9.62. The Kier molecular flexibility index (Phi) is 4.50. The highest BCUT2D eigenvalue weighted by atomic mass is 16.2. The first kappa shape index (κ1) is 14.4. The fourth-order valence-electron chi connectivity index (χ4n) is 3.81. The molecule has 0 aromatic rings. The van der Waals surface area contributed by atoms with Crippen LogP contribution < -0.4 is 0 Å². The monoisotopic (exact) mass is 262 g/mol. The highest BCUT2D eigenvalue weighted by Crippen LogP contribution is 2.46. The molecule has 1 aliphatic heterocycles. The second-order valence-corrected chi connectivity index (χ2v) is 6.59. The van der Waals surface area contributed by atoms with Crippen LogP contribution in [0.3, 0.4) is 0 Å². The van der Waals surface area contributed by atoms with Gasteiger partial charge < -0.3 is 4.90 Å². The fourth-order valence-corrected chi connectivity index (χ4v) is 3.81. The van der Waals surface area contributed by atoms with E-state index in [1.54, 1.807) is 0 Å². The largest absolute Gasteiger partial charge is 0.341 e. The third kappa shape index (κ3) is 2.94. The van der Waals surface area contributed by atoms with Crippen LogP contribution in [0, 0.1) is 28.6 Å². The molecular weight excluding hydrogens is 236 g/mol. The smallest absolute Gasteiger partial charge is 0.243 e. The molecule has 1 atom stereocenters. The Morgan fingerprint density at radius 2 is 2.11 bits per heavy atom. The first-order valence-corrected chi connectivity index (χ1v) is 7.82. The second kappa shape index (κ2) is 5.94. The number of rotatable bonds is 3. The quantitative estimate of drug-likeness (QED) is 0.783. The van der Waals surface area contributed by atoms with Crippen molar-refractivity contribution in [2.24, 2.45) is 17.3 Å². The predicted molar refractivity (Wildman–Crippen MR) is 75.3 cm³/mol. The molecule has 2 aliphatic rings. The summed E-state index contributed by atoms with van der Waals surface area (Å²) in [5, 5.41) is 9.36. The standard InChI is InChI=1S/C16H26N2O/c1-3-5-14-6-4-8-18(9-7-14)15(19)16(12-17)10-13(2)11-16/h13-14H,3-11H2,1-2H3. The first-order chi connectivity index (χ1) is 9.11. The van der Waals surface area contributed by atoms with Gasteiger partial charge in [-0.3, -0.25) is 4.79 Å². The maximum absolute atomic E-state index is 12.6. The molecule has 0 aromatic carbocycles. The summed E-state index contributed by atoms with van der Waals surface area (Å²) in [4.78, 5) is 14.6. The van der Waals surface area contributed by atoms with Gasteiger partial charge in [0.25, 0.3) is 0 Å². The Balaban J connectivity index is 1.95. The molecule has 3 heteroatoms. The normalized spacial score (nSPS) is 35.1. The lowest BCUT2D eigenvalue weighted by Gasteiger charge is -2.42. The molecule has 0 spiro atoms. The van der Waals surface area contributed by atoms with Crippen molar-refractivity contribution in [3.05, 3.63) is 0 Å². The number of amides is 1. The summed E-state index contributed by atoms with van der Waals surface area (Å²) in [6.07, 6.45) is 7.51. The average molecular weight is 262 g/mol. The van der Waals surface area contributed by atoms with Gasteiger partial charge in [0.2, 0.25) is 5.91 Å². The SMILES string of the molecule is CCCC1CCCN(C(=O)C2(C#N)CC(C)C2)CC1. The van der Waals surface area contributed by atoms with Gasteiger partial charge in [-0.25, -0.2) is 0 Å². The molecule has 1 saturated carbocycles. The number of likely N-dealkylation sites (tertiary alicyclic amines) is 1. The summed E-state index contributed by atoms with van der Waals surface area (Å²) in [5.41, 5.74) is -0.677. The van der Waals surface area contributed by atoms with Crippen molar-refractivity contribution in [2.45, 2.75) is 58.8 Å². The minimum atomic E-state index is -0.677. The van der Waals surface area contributed by atoms with Crippen molar-refractivity contribution < 1.29 is 4.79 Å². The maximum atomic E-state index is 12.6. The van der Waals surface area contributed by atoms with Gasteiger partial charge in [0.15, 0.2) is 0 Å². The van der Waals surface area contributed by atoms with Crippen molar-refractivity contribution in [1.29, 1.82) is 5.26 Å². The third-order valence-corrected chi connectivity index (χ3v) is 4.85. The highest BCUT2D eigenvalue weighted by Gasteiger charge is 2.50. The lowest BCUT2D eigenvalue weighted by Crippen LogP contribution is -2.50. The maximum Gasteiger partial charge on any atom is 0.243 e. The summed E-state index contributed by atoms with van der Waals surface area (Å²) in [5.74, 6) is 1.43. The van der Waals surface area contributed by atoms with E-state index in [9.17, 15) is 10.1 Å². The second-order valence-electron chi connectivity index (χ2n) is 6.59. The van der Waals surface area contributed by atoms with Crippen LogP contribution in [0.1, 0.15) is 58.8 Å². The molecule has 1 unspecified atom stereocenters. The molecule has 1 aliphatic carbocycles. The van der Waals surface area contributed by atoms with Crippen LogP contribution in [-0.4, -0.2) is 23.9 Å². The van der Waals surface area contributed by atoms with Crippen LogP contribution in [0.4, 0.5) is 0 Å². The van der Waals surface area contributed by atoms with Crippen LogP contribution in [0.5, 0.6) is 0 Å². The molecule has 0 aromatic heterocycles. The van der Waals surface area contributed by atoms with Crippen molar-refractivity contribution >= 4 is 5.91 Å². The number of hydrogen-bond acceptors (Lipinski definition) is 2. The summed E-state index contributed by atoms with van der Waals surface area (Å²) < 4.78 is 0. The molecule has 19 heavy (non-hydrogen) atoms. The van der Waals surface area contributed by atoms with Crippen molar-refractivity contribution in [3.63, 3.8) is 0 Å². The zero-order valence-electron chi connectivity index (χ0n) is 12.3. The van der Waals surface area contributed by atoms with E-state index in [1.165, 1.54) is 19.3 Å². The Bertz CT molecular complexity index is 365. The molecule has 0 N–H and O–H groups in total. The van der Waals surface area contributed by atoms with Crippen LogP contribution >= 0.6 is 0 Å². The molecule has 0 radical (unpaired) electrons. The van der Waals surface area contributed by atoms with Crippen LogP contribution in [0.2, 0.25) is 0 Å². The Morgan fingerprint density at radius 1 is 1.37 bits per heavy atom.